The van der Waals surface area contributed by atoms with E-state index < -0.39 is 0 Å². The van der Waals surface area contributed by atoms with Gasteiger partial charge in [-0.25, -0.2) is 0 Å². The molecule has 5 rings (SSSR count). The Kier molecular flexibility index (Phi) is 4.83. The topological polar surface area (TPSA) is 107 Å². The number of thioether (sulfide) groups is 1. The van der Waals surface area contributed by atoms with Crippen LogP contribution in [-0.2, 0) is 12.2 Å². The number of hydrogen-bond acceptors (Lipinski definition) is 8. The van der Waals surface area contributed by atoms with E-state index in [1.54, 1.807) is 11.8 Å². The lowest BCUT2D eigenvalue weighted by atomic mass is 10.1. The third kappa shape index (κ3) is 4.05. The van der Waals surface area contributed by atoms with Crippen molar-refractivity contribution in [3.8, 4) is 0 Å². The highest BCUT2D eigenvalue weighted by molar-refractivity contribution is 7.98. The maximum Gasteiger partial charge on any atom is 0.232 e. The van der Waals surface area contributed by atoms with Crippen molar-refractivity contribution in [3.63, 3.8) is 0 Å². The zero-order valence-corrected chi connectivity index (χ0v) is 17.2. The number of nitrogens with two attached hydrogens (primary N) is 1. The number of hydrogen-bond donors (Lipinski definition) is 2. The van der Waals surface area contributed by atoms with Gasteiger partial charge in [-0.1, -0.05) is 36.9 Å². The highest BCUT2D eigenvalue weighted by atomic mass is 32.2. The second-order valence-electron chi connectivity index (χ2n) is 7.57. The first kappa shape index (κ1) is 18.4. The molecule has 0 aliphatic heterocycles. The van der Waals surface area contributed by atoms with Gasteiger partial charge in [0.15, 0.2) is 5.16 Å². The molecule has 0 unspecified atom stereocenters. The molecule has 9 heteroatoms. The van der Waals surface area contributed by atoms with Crippen molar-refractivity contribution in [3.05, 3.63) is 41.5 Å². The maximum atomic E-state index is 5.95. The Labute approximate surface area is 173 Å². The minimum Gasteiger partial charge on any atom is -0.368 e. The van der Waals surface area contributed by atoms with Crippen LogP contribution in [0.1, 0.15) is 61.8 Å². The van der Waals surface area contributed by atoms with Crippen molar-refractivity contribution >= 4 is 29.3 Å². The molecule has 2 saturated carbocycles. The minimum atomic E-state index is 0.217. The van der Waals surface area contributed by atoms with Crippen LogP contribution in [0.3, 0.4) is 0 Å². The Morgan fingerprint density at radius 1 is 1.10 bits per heavy atom. The van der Waals surface area contributed by atoms with Crippen LogP contribution in [-0.4, -0.2) is 29.7 Å². The summed E-state index contributed by atoms with van der Waals surface area (Å²) in [6, 6.07) is 8.69. The van der Waals surface area contributed by atoms with E-state index in [4.69, 9.17) is 5.73 Å². The molecule has 8 nitrogen and oxygen atoms in total. The standard InChI is InChI=1S/C20H24N8S/c1-2-12-5-3-4-6-15(12)22-19-24-16(23-18(21)25-19)11-29-20-27-26-17(13-7-8-13)28(20)14-9-10-14/h3-6,13-14H,2,7-11H2,1H3,(H3,21,22,23,24,25). The molecule has 3 aromatic rings. The summed E-state index contributed by atoms with van der Waals surface area (Å²) in [6.07, 6.45) is 5.82. The van der Waals surface area contributed by atoms with Crippen LogP contribution in [0.5, 0.6) is 0 Å². The van der Waals surface area contributed by atoms with E-state index in [1.807, 2.05) is 18.2 Å². The fourth-order valence-corrected chi connectivity index (χ4v) is 4.31. The van der Waals surface area contributed by atoms with Gasteiger partial charge in [0.05, 0.1) is 5.75 Å². The maximum absolute atomic E-state index is 5.95. The first-order valence-electron chi connectivity index (χ1n) is 10.1. The molecule has 0 atom stereocenters. The first-order valence-corrected chi connectivity index (χ1v) is 11.1. The number of nitrogens with zero attached hydrogens (tertiary/aromatic N) is 6. The van der Waals surface area contributed by atoms with Gasteiger partial charge in [0.25, 0.3) is 0 Å². The molecule has 0 spiro atoms. The molecule has 2 aliphatic rings. The molecule has 0 saturated heterocycles. The quantitative estimate of drug-likeness (QED) is 0.541. The third-order valence-corrected chi connectivity index (χ3v) is 6.16. The SMILES string of the molecule is CCc1ccccc1Nc1nc(N)nc(CSc2nnc(C3CC3)n2C2CC2)n1. The molecule has 2 aromatic heterocycles. The Hall–Kier alpha value is -2.68. The van der Waals surface area contributed by atoms with Crippen LogP contribution in [0, 0.1) is 0 Å². The van der Waals surface area contributed by atoms with Gasteiger partial charge in [-0.2, -0.15) is 15.0 Å². The summed E-state index contributed by atoms with van der Waals surface area (Å²) in [4.78, 5) is 13.1. The largest absolute Gasteiger partial charge is 0.368 e. The molecule has 0 radical (unpaired) electrons. The molecular formula is C20H24N8S. The number of nitrogen functional groups attached to an aromatic ring is 1. The van der Waals surface area contributed by atoms with Crippen LogP contribution in [0.25, 0.3) is 0 Å². The fraction of sp³-hybridized carbons (Fsp3) is 0.450. The first-order chi connectivity index (χ1) is 14.2. The highest BCUT2D eigenvalue weighted by Gasteiger charge is 2.36. The van der Waals surface area contributed by atoms with E-state index in [0.29, 0.717) is 29.5 Å². The average molecular weight is 409 g/mol. The van der Waals surface area contributed by atoms with Gasteiger partial charge < -0.3 is 15.6 Å². The van der Waals surface area contributed by atoms with Crippen molar-refractivity contribution in [2.75, 3.05) is 11.1 Å². The predicted octanol–water partition coefficient (Wildman–Crippen LogP) is 3.86. The number of aryl methyl sites for hydroxylation is 1. The highest BCUT2D eigenvalue weighted by Crippen LogP contribution is 2.46. The summed E-state index contributed by atoms with van der Waals surface area (Å²) in [5, 5.41) is 13.2. The molecule has 29 heavy (non-hydrogen) atoms. The van der Waals surface area contributed by atoms with Crippen LogP contribution in [0.2, 0.25) is 0 Å². The van der Waals surface area contributed by atoms with E-state index in [2.05, 4.69) is 48.0 Å². The van der Waals surface area contributed by atoms with Gasteiger partial charge in [0.2, 0.25) is 11.9 Å². The van der Waals surface area contributed by atoms with E-state index >= 15 is 0 Å². The predicted molar refractivity (Wildman–Crippen MR) is 113 cm³/mol. The lowest BCUT2D eigenvalue weighted by Crippen LogP contribution is -2.08. The average Bonchev–Trinajstić information content (AvgIpc) is 3.65. The Morgan fingerprint density at radius 3 is 2.69 bits per heavy atom. The lowest BCUT2D eigenvalue weighted by molar-refractivity contribution is 0.626. The molecule has 3 N–H and O–H groups in total. The van der Waals surface area contributed by atoms with E-state index in [9.17, 15) is 0 Å². The van der Waals surface area contributed by atoms with Gasteiger partial charge in [-0.15, -0.1) is 10.2 Å². The molecule has 0 bridgehead atoms. The fourth-order valence-electron chi connectivity index (χ4n) is 3.44. The normalized spacial score (nSPS) is 16.2. The molecule has 2 aliphatic carbocycles. The van der Waals surface area contributed by atoms with Gasteiger partial charge >= 0.3 is 0 Å². The van der Waals surface area contributed by atoms with Crippen molar-refractivity contribution in [1.29, 1.82) is 0 Å². The Balaban J connectivity index is 1.33. The second-order valence-corrected chi connectivity index (χ2v) is 8.52. The summed E-state index contributed by atoms with van der Waals surface area (Å²) in [6.45, 7) is 2.12. The minimum absolute atomic E-state index is 0.217. The van der Waals surface area contributed by atoms with Gasteiger partial charge in [-0.3, -0.25) is 0 Å². The van der Waals surface area contributed by atoms with Gasteiger partial charge in [-0.05, 0) is 43.7 Å². The van der Waals surface area contributed by atoms with Crippen molar-refractivity contribution < 1.29 is 0 Å². The summed E-state index contributed by atoms with van der Waals surface area (Å²) in [7, 11) is 0. The van der Waals surface area contributed by atoms with E-state index in [0.717, 1.165) is 23.1 Å². The summed E-state index contributed by atoms with van der Waals surface area (Å²) < 4.78 is 2.34. The number of rotatable bonds is 8. The van der Waals surface area contributed by atoms with Crippen molar-refractivity contribution in [1.82, 2.24) is 29.7 Å². The van der Waals surface area contributed by atoms with Crippen LogP contribution in [0.15, 0.2) is 29.4 Å². The Morgan fingerprint density at radius 2 is 1.93 bits per heavy atom. The van der Waals surface area contributed by atoms with E-state index in [1.165, 1.54) is 31.2 Å². The van der Waals surface area contributed by atoms with E-state index in [-0.39, 0.29) is 5.95 Å². The lowest BCUT2D eigenvalue weighted by Gasteiger charge is -2.11. The zero-order chi connectivity index (χ0) is 19.8. The molecule has 0 amide bonds. The number of anilines is 3. The summed E-state index contributed by atoms with van der Waals surface area (Å²) in [5.41, 5.74) is 8.14. The molecule has 2 heterocycles. The molecule has 150 valence electrons. The molecule has 2 fully saturated rings. The summed E-state index contributed by atoms with van der Waals surface area (Å²) in [5.74, 6) is 3.65. The van der Waals surface area contributed by atoms with Crippen molar-refractivity contribution in [2.45, 2.75) is 61.9 Å². The van der Waals surface area contributed by atoms with Crippen LogP contribution >= 0.6 is 11.8 Å². The monoisotopic (exact) mass is 408 g/mol. The number of aromatic nitrogens is 6. The molecule has 1 aromatic carbocycles. The molecular weight excluding hydrogens is 384 g/mol. The number of para-hydroxylation sites is 1. The van der Waals surface area contributed by atoms with Crippen molar-refractivity contribution in [2.24, 2.45) is 0 Å². The third-order valence-electron chi connectivity index (χ3n) is 5.22. The van der Waals surface area contributed by atoms with Crippen LogP contribution < -0.4 is 11.1 Å². The Bertz CT molecular complexity index is 1030. The second kappa shape index (κ2) is 7.62. The zero-order valence-electron chi connectivity index (χ0n) is 16.4. The smallest absolute Gasteiger partial charge is 0.232 e. The van der Waals surface area contributed by atoms with Gasteiger partial charge in [0.1, 0.15) is 11.6 Å². The van der Waals surface area contributed by atoms with Crippen LogP contribution in [0.4, 0.5) is 17.6 Å². The summed E-state index contributed by atoms with van der Waals surface area (Å²) >= 11 is 1.62. The van der Waals surface area contributed by atoms with Gasteiger partial charge in [0, 0.05) is 17.6 Å². The number of benzene rings is 1. The number of nitrogens with one attached hydrogen (secondary N) is 1.